The van der Waals surface area contributed by atoms with E-state index in [4.69, 9.17) is 9.47 Å². The van der Waals surface area contributed by atoms with Crippen LogP contribution >= 0.6 is 15.9 Å². The number of hydrogen-bond donors (Lipinski definition) is 1. The fraction of sp³-hybridized carbons (Fsp3) is 0.471. The van der Waals surface area contributed by atoms with Crippen LogP contribution in [-0.2, 0) is 11.3 Å². The van der Waals surface area contributed by atoms with Gasteiger partial charge in [0.1, 0.15) is 12.6 Å². The number of carbonyl (C=O) groups is 1. The number of carboxylic acid groups (broad SMARTS) is 1. The lowest BCUT2D eigenvalue weighted by Crippen LogP contribution is -2.35. The molecule has 1 N–H and O–H groups in total. The molecule has 5 nitrogen and oxygen atoms in total. The summed E-state index contributed by atoms with van der Waals surface area (Å²) in [5, 5.41) is 9.29. The van der Waals surface area contributed by atoms with Crippen molar-refractivity contribution in [2.45, 2.75) is 32.4 Å². The number of hydrogen-bond acceptors (Lipinski definition) is 4. The van der Waals surface area contributed by atoms with E-state index in [0.717, 1.165) is 23.0 Å². The van der Waals surface area contributed by atoms with Crippen molar-refractivity contribution in [2.75, 3.05) is 19.8 Å². The van der Waals surface area contributed by atoms with Gasteiger partial charge >= 0.3 is 5.97 Å². The summed E-state index contributed by atoms with van der Waals surface area (Å²) in [6, 6.07) is 3.48. The number of aliphatic carboxylic acids is 1. The largest absolute Gasteiger partial charge is 0.490 e. The second-order valence-electron chi connectivity index (χ2n) is 5.40. The topological polar surface area (TPSA) is 59.0 Å². The first-order valence-corrected chi connectivity index (χ1v) is 8.51. The van der Waals surface area contributed by atoms with Crippen LogP contribution in [0.5, 0.6) is 11.5 Å². The van der Waals surface area contributed by atoms with E-state index in [0.29, 0.717) is 37.7 Å². The number of halogens is 1. The Morgan fingerprint density at radius 1 is 1.52 bits per heavy atom. The van der Waals surface area contributed by atoms with Crippen LogP contribution in [0.15, 0.2) is 29.3 Å². The first kappa shape index (κ1) is 17.8. The van der Waals surface area contributed by atoms with Gasteiger partial charge in [-0.05, 0) is 59.9 Å². The number of benzene rings is 1. The van der Waals surface area contributed by atoms with Crippen molar-refractivity contribution >= 4 is 21.9 Å². The quantitative estimate of drug-likeness (QED) is 0.696. The Kier molecular flexibility index (Phi) is 6.47. The fourth-order valence-electron chi connectivity index (χ4n) is 2.79. The normalized spacial score (nSPS) is 17.9. The molecule has 1 aromatic carbocycles. The van der Waals surface area contributed by atoms with E-state index in [9.17, 15) is 9.90 Å². The fourth-order valence-corrected chi connectivity index (χ4v) is 3.39. The lowest BCUT2D eigenvalue weighted by Gasteiger charge is -2.22. The summed E-state index contributed by atoms with van der Waals surface area (Å²) in [7, 11) is 0. The molecule has 1 fully saturated rings. The predicted molar refractivity (Wildman–Crippen MR) is 92.1 cm³/mol. The summed E-state index contributed by atoms with van der Waals surface area (Å²) in [5.41, 5.74) is 0.999. The van der Waals surface area contributed by atoms with Crippen LogP contribution in [0.4, 0.5) is 0 Å². The summed E-state index contributed by atoms with van der Waals surface area (Å²) in [6.07, 6.45) is 3.30. The summed E-state index contributed by atoms with van der Waals surface area (Å²) < 4.78 is 12.1. The zero-order valence-electron chi connectivity index (χ0n) is 13.3. The molecule has 0 amide bonds. The molecule has 0 bridgehead atoms. The SMILES string of the molecule is C=CCOc1c(Br)cc(CN2CCC[C@H]2C(=O)O)cc1OCC. The molecular weight excluding hydrogens is 362 g/mol. The Labute approximate surface area is 145 Å². The Bertz CT molecular complexity index is 576. The maximum absolute atomic E-state index is 11.3. The lowest BCUT2D eigenvalue weighted by molar-refractivity contribution is -0.142. The number of rotatable bonds is 8. The maximum Gasteiger partial charge on any atom is 0.320 e. The van der Waals surface area contributed by atoms with E-state index < -0.39 is 12.0 Å². The maximum atomic E-state index is 11.3. The van der Waals surface area contributed by atoms with Crippen molar-refractivity contribution in [3.05, 3.63) is 34.8 Å². The Hall–Kier alpha value is -1.53. The van der Waals surface area contributed by atoms with E-state index in [1.54, 1.807) is 6.08 Å². The molecule has 1 aliphatic rings. The smallest absolute Gasteiger partial charge is 0.320 e. The molecule has 1 aliphatic heterocycles. The summed E-state index contributed by atoms with van der Waals surface area (Å²) >= 11 is 3.52. The van der Waals surface area contributed by atoms with Gasteiger partial charge in [-0.2, -0.15) is 0 Å². The molecule has 1 aromatic rings. The highest BCUT2D eigenvalue weighted by Gasteiger charge is 2.30. The molecule has 23 heavy (non-hydrogen) atoms. The molecule has 1 saturated heterocycles. The first-order valence-electron chi connectivity index (χ1n) is 7.72. The third-order valence-corrected chi connectivity index (χ3v) is 4.34. The zero-order valence-corrected chi connectivity index (χ0v) is 14.8. The molecular formula is C17H22BrNO4. The van der Waals surface area contributed by atoms with Crippen LogP contribution in [0.25, 0.3) is 0 Å². The van der Waals surface area contributed by atoms with Gasteiger partial charge in [0.15, 0.2) is 11.5 Å². The van der Waals surface area contributed by atoms with Crippen LogP contribution < -0.4 is 9.47 Å². The standard InChI is InChI=1S/C17H22BrNO4/c1-3-8-23-16-13(18)9-12(10-15(16)22-4-2)11-19-7-5-6-14(19)17(20)21/h3,9-10,14H,1,4-8,11H2,2H3,(H,20,21)/t14-/m0/s1. The highest BCUT2D eigenvalue weighted by Crippen LogP contribution is 2.37. The molecule has 1 heterocycles. The number of likely N-dealkylation sites (tertiary alicyclic amines) is 1. The van der Waals surface area contributed by atoms with Crippen LogP contribution in [-0.4, -0.2) is 41.8 Å². The Morgan fingerprint density at radius 2 is 2.30 bits per heavy atom. The van der Waals surface area contributed by atoms with E-state index in [1.165, 1.54) is 0 Å². The van der Waals surface area contributed by atoms with E-state index in [-0.39, 0.29) is 0 Å². The molecule has 6 heteroatoms. The zero-order chi connectivity index (χ0) is 16.8. The minimum Gasteiger partial charge on any atom is -0.490 e. The average molecular weight is 384 g/mol. The first-order chi connectivity index (χ1) is 11.1. The van der Waals surface area contributed by atoms with E-state index >= 15 is 0 Å². The van der Waals surface area contributed by atoms with Crippen LogP contribution in [0.1, 0.15) is 25.3 Å². The van der Waals surface area contributed by atoms with Gasteiger partial charge < -0.3 is 14.6 Å². The summed E-state index contributed by atoms with van der Waals surface area (Å²) in [5.74, 6) is 0.550. The van der Waals surface area contributed by atoms with Crippen molar-refractivity contribution in [3.8, 4) is 11.5 Å². The van der Waals surface area contributed by atoms with E-state index in [2.05, 4.69) is 22.5 Å². The van der Waals surface area contributed by atoms with Gasteiger partial charge in [0.25, 0.3) is 0 Å². The molecule has 0 aliphatic carbocycles. The van der Waals surface area contributed by atoms with Crippen molar-refractivity contribution < 1.29 is 19.4 Å². The second-order valence-corrected chi connectivity index (χ2v) is 6.26. The molecule has 2 rings (SSSR count). The van der Waals surface area contributed by atoms with Crippen molar-refractivity contribution in [1.29, 1.82) is 0 Å². The van der Waals surface area contributed by atoms with Crippen molar-refractivity contribution in [3.63, 3.8) is 0 Å². The number of carboxylic acids is 1. The van der Waals surface area contributed by atoms with Gasteiger partial charge in [0, 0.05) is 6.54 Å². The minimum absolute atomic E-state index is 0.394. The van der Waals surface area contributed by atoms with Gasteiger partial charge in [0.2, 0.25) is 0 Å². The minimum atomic E-state index is -0.752. The number of ether oxygens (including phenoxy) is 2. The average Bonchev–Trinajstić information content (AvgIpc) is 2.95. The Morgan fingerprint density at radius 3 is 2.96 bits per heavy atom. The summed E-state index contributed by atoms with van der Waals surface area (Å²) in [6.45, 7) is 7.87. The predicted octanol–water partition coefficient (Wildman–Crippen LogP) is 3.46. The van der Waals surface area contributed by atoms with Gasteiger partial charge in [-0.3, -0.25) is 9.69 Å². The van der Waals surface area contributed by atoms with Gasteiger partial charge in [0.05, 0.1) is 11.1 Å². The third-order valence-electron chi connectivity index (χ3n) is 3.75. The lowest BCUT2D eigenvalue weighted by atomic mass is 10.1. The van der Waals surface area contributed by atoms with Crippen molar-refractivity contribution in [2.24, 2.45) is 0 Å². The number of nitrogens with zero attached hydrogens (tertiary/aromatic N) is 1. The monoisotopic (exact) mass is 383 g/mol. The van der Waals surface area contributed by atoms with Gasteiger partial charge in [-0.1, -0.05) is 12.7 Å². The third kappa shape index (κ3) is 4.48. The molecule has 0 aromatic heterocycles. The molecule has 0 spiro atoms. The molecule has 1 atom stereocenters. The van der Waals surface area contributed by atoms with Crippen LogP contribution in [0.2, 0.25) is 0 Å². The molecule has 0 radical (unpaired) electrons. The van der Waals surface area contributed by atoms with Gasteiger partial charge in [-0.15, -0.1) is 0 Å². The van der Waals surface area contributed by atoms with Crippen LogP contribution in [0, 0.1) is 0 Å². The highest BCUT2D eigenvalue weighted by atomic mass is 79.9. The molecule has 0 unspecified atom stereocenters. The molecule has 0 saturated carbocycles. The van der Waals surface area contributed by atoms with Crippen LogP contribution in [0.3, 0.4) is 0 Å². The molecule has 126 valence electrons. The second kappa shape index (κ2) is 8.36. The van der Waals surface area contributed by atoms with Gasteiger partial charge in [-0.25, -0.2) is 0 Å². The van der Waals surface area contributed by atoms with E-state index in [1.807, 2.05) is 24.0 Å². The Balaban J connectivity index is 2.22. The van der Waals surface area contributed by atoms with Crippen molar-refractivity contribution in [1.82, 2.24) is 4.90 Å². The summed E-state index contributed by atoms with van der Waals surface area (Å²) in [4.78, 5) is 13.3. The highest BCUT2D eigenvalue weighted by molar-refractivity contribution is 9.10.